The van der Waals surface area contributed by atoms with E-state index in [1.54, 1.807) is 30.6 Å². The highest BCUT2D eigenvalue weighted by molar-refractivity contribution is 8.00. The molecule has 3 rings (SSSR count). The third kappa shape index (κ3) is 5.21. The van der Waals surface area contributed by atoms with Gasteiger partial charge in [-0.25, -0.2) is 8.78 Å². The Morgan fingerprint density at radius 1 is 1.11 bits per heavy atom. The molecule has 2 aromatic rings. The van der Waals surface area contributed by atoms with Gasteiger partial charge < -0.3 is 4.74 Å². The van der Waals surface area contributed by atoms with Crippen molar-refractivity contribution >= 4 is 47.4 Å². The van der Waals surface area contributed by atoms with Crippen LogP contribution in [0.25, 0.3) is 0 Å². The van der Waals surface area contributed by atoms with Crippen LogP contribution >= 0.6 is 35.0 Å². The summed E-state index contributed by atoms with van der Waals surface area (Å²) in [5.74, 6) is -1.43. The van der Waals surface area contributed by atoms with E-state index in [4.69, 9.17) is 27.9 Å². The van der Waals surface area contributed by atoms with E-state index in [2.05, 4.69) is 9.98 Å². The van der Waals surface area contributed by atoms with Gasteiger partial charge in [-0.05, 0) is 31.2 Å². The quantitative estimate of drug-likeness (QED) is 0.501. The summed E-state index contributed by atoms with van der Waals surface area (Å²) in [6.45, 7) is 2.04. The minimum atomic E-state index is -0.752. The van der Waals surface area contributed by atoms with Crippen LogP contribution in [0.3, 0.4) is 0 Å². The van der Waals surface area contributed by atoms with Crippen molar-refractivity contribution in [3.63, 3.8) is 0 Å². The summed E-state index contributed by atoms with van der Waals surface area (Å²) in [6, 6.07) is 8.47. The van der Waals surface area contributed by atoms with Crippen molar-refractivity contribution in [1.29, 1.82) is 0 Å². The molecule has 142 valence electrons. The lowest BCUT2D eigenvalue weighted by atomic mass is 10.1. The van der Waals surface area contributed by atoms with Gasteiger partial charge in [0.15, 0.2) is 11.6 Å². The van der Waals surface area contributed by atoms with Crippen LogP contribution in [0, 0.1) is 11.6 Å². The molecule has 8 heteroatoms. The van der Waals surface area contributed by atoms with Crippen LogP contribution in [0.4, 0.5) is 8.78 Å². The molecule has 0 saturated heterocycles. The summed E-state index contributed by atoms with van der Waals surface area (Å²) in [5.41, 5.74) is -0.629. The summed E-state index contributed by atoms with van der Waals surface area (Å²) < 4.78 is 32.6. The third-order valence-electron chi connectivity index (χ3n) is 3.91. The van der Waals surface area contributed by atoms with Gasteiger partial charge in [0.25, 0.3) is 0 Å². The number of rotatable bonds is 7. The first kappa shape index (κ1) is 20.1. The second kappa shape index (κ2) is 8.59. The molecular formula is C19H16Cl2F2N2OS. The molecule has 0 radical (unpaired) electrons. The summed E-state index contributed by atoms with van der Waals surface area (Å²) in [7, 11) is 0. The Balaban J connectivity index is 1.79. The van der Waals surface area contributed by atoms with Gasteiger partial charge in [0.2, 0.25) is 0 Å². The number of hydrogen-bond acceptors (Lipinski definition) is 4. The van der Waals surface area contributed by atoms with Crippen LogP contribution < -0.4 is 4.74 Å². The van der Waals surface area contributed by atoms with E-state index < -0.39 is 17.3 Å². The Hall–Kier alpha value is -1.63. The fourth-order valence-electron chi connectivity index (χ4n) is 2.63. The lowest BCUT2D eigenvalue weighted by molar-refractivity contribution is 0.282. The van der Waals surface area contributed by atoms with Gasteiger partial charge in [-0.2, -0.15) is 0 Å². The molecule has 0 spiro atoms. The van der Waals surface area contributed by atoms with E-state index in [-0.39, 0.29) is 17.6 Å². The highest BCUT2D eigenvalue weighted by Crippen LogP contribution is 2.39. The maximum Gasteiger partial charge on any atom is 0.167 e. The Morgan fingerprint density at radius 2 is 1.78 bits per heavy atom. The molecule has 3 nitrogen and oxygen atoms in total. The van der Waals surface area contributed by atoms with Crippen LogP contribution in [0.1, 0.15) is 13.3 Å². The molecule has 1 unspecified atom stereocenters. The fraction of sp³-hybridized carbons (Fsp3) is 0.263. The van der Waals surface area contributed by atoms with Crippen LogP contribution in [0.2, 0.25) is 10.0 Å². The Kier molecular flexibility index (Phi) is 6.40. The average Bonchev–Trinajstić information content (AvgIpc) is 3.03. The number of halogens is 4. The standard InChI is InChI=1S/C19H16Cl2F2N2OS/c1-19(24-7-8-25-19)10-13(27-18-14(20)3-2-4-15(18)21)11-26-17-6-5-12(22)9-16(17)23/h2-9,13H,10-11H2,1H3. The molecule has 0 fully saturated rings. The lowest BCUT2D eigenvalue weighted by Gasteiger charge is -2.25. The van der Waals surface area contributed by atoms with Crippen LogP contribution in [0.5, 0.6) is 5.75 Å². The number of ether oxygens (including phenoxy) is 1. The molecule has 1 aliphatic rings. The summed E-state index contributed by atoms with van der Waals surface area (Å²) >= 11 is 14.0. The zero-order valence-corrected chi connectivity index (χ0v) is 16.7. The molecule has 0 bridgehead atoms. The molecule has 1 aliphatic heterocycles. The van der Waals surface area contributed by atoms with Gasteiger partial charge in [0.1, 0.15) is 18.1 Å². The van der Waals surface area contributed by atoms with Gasteiger partial charge in [0.05, 0.1) is 10.0 Å². The normalized spacial score (nSPS) is 15.9. The van der Waals surface area contributed by atoms with Crippen molar-refractivity contribution < 1.29 is 13.5 Å². The molecule has 1 atom stereocenters. The minimum Gasteiger partial charge on any atom is -0.489 e. The van der Waals surface area contributed by atoms with Crippen molar-refractivity contribution in [3.05, 3.63) is 58.1 Å². The Labute approximate surface area is 170 Å². The number of aliphatic imine (C=N–C) groups is 2. The van der Waals surface area contributed by atoms with Crippen LogP contribution in [-0.2, 0) is 0 Å². The second-order valence-corrected chi connectivity index (χ2v) is 8.28. The lowest BCUT2D eigenvalue weighted by Crippen LogP contribution is -2.27. The molecule has 0 amide bonds. The first-order valence-electron chi connectivity index (χ1n) is 8.14. The minimum absolute atomic E-state index is 0.0177. The average molecular weight is 429 g/mol. The molecule has 0 aliphatic carbocycles. The van der Waals surface area contributed by atoms with E-state index in [9.17, 15) is 8.78 Å². The zero-order valence-electron chi connectivity index (χ0n) is 14.3. The fourth-order valence-corrected chi connectivity index (χ4v) is 4.52. The maximum absolute atomic E-state index is 13.9. The summed E-state index contributed by atoms with van der Waals surface area (Å²) in [4.78, 5) is 9.46. The first-order valence-corrected chi connectivity index (χ1v) is 9.77. The largest absolute Gasteiger partial charge is 0.489 e. The van der Waals surface area contributed by atoms with E-state index in [0.29, 0.717) is 21.4 Å². The topological polar surface area (TPSA) is 34.0 Å². The van der Waals surface area contributed by atoms with Gasteiger partial charge in [-0.15, -0.1) is 11.8 Å². The number of benzene rings is 2. The van der Waals surface area contributed by atoms with E-state index in [1.807, 2.05) is 6.92 Å². The van der Waals surface area contributed by atoms with Crippen molar-refractivity contribution in [3.8, 4) is 5.75 Å². The molecule has 0 N–H and O–H groups in total. The molecule has 1 heterocycles. The van der Waals surface area contributed by atoms with E-state index in [0.717, 1.165) is 12.1 Å². The second-order valence-electron chi connectivity index (χ2n) is 6.15. The molecule has 2 aromatic carbocycles. The molecule has 0 saturated carbocycles. The number of thioether (sulfide) groups is 1. The number of hydrogen-bond donors (Lipinski definition) is 0. The van der Waals surface area contributed by atoms with Gasteiger partial charge >= 0.3 is 0 Å². The Bertz CT molecular complexity index is 860. The predicted molar refractivity (Wildman–Crippen MR) is 108 cm³/mol. The van der Waals surface area contributed by atoms with Crippen molar-refractivity contribution in [1.82, 2.24) is 0 Å². The van der Waals surface area contributed by atoms with Crippen LogP contribution in [0.15, 0.2) is 51.3 Å². The van der Waals surface area contributed by atoms with E-state index in [1.165, 1.54) is 17.8 Å². The molecular weight excluding hydrogens is 413 g/mol. The van der Waals surface area contributed by atoms with Crippen LogP contribution in [-0.4, -0.2) is 29.9 Å². The molecule has 27 heavy (non-hydrogen) atoms. The SMILES string of the molecule is CC1(CC(COc2ccc(F)cc2F)Sc2c(Cl)cccc2Cl)N=CC=N1. The van der Waals surface area contributed by atoms with Gasteiger partial charge in [0, 0.05) is 35.1 Å². The summed E-state index contributed by atoms with van der Waals surface area (Å²) in [6.07, 6.45) is 3.81. The van der Waals surface area contributed by atoms with E-state index >= 15 is 0 Å². The monoisotopic (exact) mass is 428 g/mol. The zero-order chi connectivity index (χ0) is 19.4. The highest BCUT2D eigenvalue weighted by Gasteiger charge is 2.30. The van der Waals surface area contributed by atoms with Gasteiger partial charge in [-0.3, -0.25) is 9.98 Å². The van der Waals surface area contributed by atoms with Crippen molar-refractivity contribution in [2.24, 2.45) is 9.98 Å². The predicted octanol–water partition coefficient (Wildman–Crippen LogP) is 6.07. The molecule has 0 aromatic heterocycles. The smallest absolute Gasteiger partial charge is 0.167 e. The van der Waals surface area contributed by atoms with Crippen molar-refractivity contribution in [2.45, 2.75) is 29.2 Å². The highest BCUT2D eigenvalue weighted by atomic mass is 35.5. The number of nitrogens with zero attached hydrogens (tertiary/aromatic N) is 2. The summed E-state index contributed by atoms with van der Waals surface area (Å²) in [5, 5.41) is 0.868. The maximum atomic E-state index is 13.9. The van der Waals surface area contributed by atoms with Gasteiger partial charge in [-0.1, -0.05) is 29.3 Å². The van der Waals surface area contributed by atoms with Crippen molar-refractivity contribution in [2.75, 3.05) is 6.61 Å². The first-order chi connectivity index (χ1) is 12.9. The Morgan fingerprint density at radius 3 is 2.41 bits per heavy atom. The third-order valence-corrected chi connectivity index (χ3v) is 6.07.